The van der Waals surface area contributed by atoms with Crippen LogP contribution in [0.25, 0.3) is 0 Å². The van der Waals surface area contributed by atoms with Crippen LogP contribution in [-0.4, -0.2) is 76.7 Å². The van der Waals surface area contributed by atoms with Gasteiger partial charge in [-0.05, 0) is 25.8 Å². The van der Waals surface area contributed by atoms with Gasteiger partial charge >= 0.3 is 0 Å². The third-order valence-electron chi connectivity index (χ3n) is 4.71. The zero-order valence-electron chi connectivity index (χ0n) is 17.5. The van der Waals surface area contributed by atoms with Crippen molar-refractivity contribution >= 4 is 39.8 Å². The molecule has 0 aliphatic carbocycles. The molecule has 2 N–H and O–H groups in total. The van der Waals surface area contributed by atoms with Gasteiger partial charge in [0, 0.05) is 45.9 Å². The molecule has 9 heteroatoms. The first-order chi connectivity index (χ1) is 13.5. The van der Waals surface area contributed by atoms with Crippen molar-refractivity contribution < 1.29 is 13.2 Å². The van der Waals surface area contributed by atoms with E-state index in [2.05, 4.69) is 39.6 Å². The Kier molecular flexibility index (Phi) is 12.8. The molecule has 1 atom stereocenters. The van der Waals surface area contributed by atoms with Crippen molar-refractivity contribution in [3.8, 4) is 0 Å². The van der Waals surface area contributed by atoms with Crippen LogP contribution >= 0.6 is 24.0 Å². The molecule has 0 radical (unpaired) electrons. The quantitative estimate of drug-likeness (QED) is 0.206. The van der Waals surface area contributed by atoms with Crippen molar-refractivity contribution in [1.82, 2.24) is 15.5 Å². The summed E-state index contributed by atoms with van der Waals surface area (Å²) in [5.74, 6) is 1.33. The summed E-state index contributed by atoms with van der Waals surface area (Å²) >= 11 is 0. The zero-order chi connectivity index (χ0) is 20.2. The molecule has 0 amide bonds. The monoisotopic (exact) mass is 538 g/mol. The van der Waals surface area contributed by atoms with E-state index in [4.69, 9.17) is 4.74 Å². The molecule has 1 aromatic carbocycles. The molecule has 1 aromatic rings. The highest BCUT2D eigenvalue weighted by molar-refractivity contribution is 14.0. The smallest absolute Gasteiger partial charge is 0.191 e. The van der Waals surface area contributed by atoms with Crippen molar-refractivity contribution in [3.05, 3.63) is 35.9 Å². The highest BCUT2D eigenvalue weighted by atomic mass is 127. The fraction of sp³-hybridized carbons (Fsp3) is 0.650. The molecule has 29 heavy (non-hydrogen) atoms. The lowest BCUT2D eigenvalue weighted by Crippen LogP contribution is -2.46. The van der Waals surface area contributed by atoms with Gasteiger partial charge in [0.15, 0.2) is 15.8 Å². The first kappa shape index (κ1) is 26.1. The minimum absolute atomic E-state index is 0. The number of ether oxygens (including phenoxy) is 1. The minimum Gasteiger partial charge on any atom is -0.374 e. The highest BCUT2D eigenvalue weighted by Crippen LogP contribution is 2.15. The topological polar surface area (TPSA) is 83.0 Å². The van der Waals surface area contributed by atoms with E-state index in [-0.39, 0.29) is 41.6 Å². The van der Waals surface area contributed by atoms with Crippen LogP contribution in [0.5, 0.6) is 0 Å². The van der Waals surface area contributed by atoms with E-state index in [1.54, 1.807) is 0 Å². The number of guanidine groups is 1. The number of aliphatic imine (C=N–C) groups is 1. The molecule has 1 heterocycles. The molecule has 0 aromatic heterocycles. The van der Waals surface area contributed by atoms with E-state index in [1.165, 1.54) is 5.56 Å². The lowest BCUT2D eigenvalue weighted by atomic mass is 10.1. The van der Waals surface area contributed by atoms with Crippen LogP contribution in [0.15, 0.2) is 35.3 Å². The second-order valence-corrected chi connectivity index (χ2v) is 9.26. The molecule has 1 fully saturated rings. The molecule has 7 nitrogen and oxygen atoms in total. The van der Waals surface area contributed by atoms with Gasteiger partial charge in [-0.25, -0.2) is 8.42 Å². The Morgan fingerprint density at radius 2 is 1.90 bits per heavy atom. The molecule has 0 bridgehead atoms. The molecule has 0 saturated carbocycles. The third kappa shape index (κ3) is 10.6. The average molecular weight is 538 g/mol. The molecular weight excluding hydrogens is 503 g/mol. The Balaban J connectivity index is 0.00000420. The number of nitrogens with one attached hydrogen (secondary N) is 2. The Labute approximate surface area is 192 Å². The lowest BCUT2D eigenvalue weighted by Gasteiger charge is -2.26. The van der Waals surface area contributed by atoms with Gasteiger partial charge in [-0.2, -0.15) is 0 Å². The summed E-state index contributed by atoms with van der Waals surface area (Å²) in [6, 6.07) is 10.2. The second-order valence-electron chi connectivity index (χ2n) is 6.96. The van der Waals surface area contributed by atoms with Crippen LogP contribution in [0.4, 0.5) is 0 Å². The lowest BCUT2D eigenvalue weighted by molar-refractivity contribution is 0.0652. The summed E-state index contributed by atoms with van der Waals surface area (Å²) in [6.45, 7) is 9.07. The predicted molar refractivity (Wildman–Crippen MR) is 130 cm³/mol. The van der Waals surface area contributed by atoms with Gasteiger partial charge < -0.3 is 15.4 Å². The van der Waals surface area contributed by atoms with Crippen LogP contribution in [0.1, 0.15) is 31.9 Å². The molecule has 1 aliphatic rings. The van der Waals surface area contributed by atoms with Gasteiger partial charge in [-0.1, -0.05) is 30.3 Å². The van der Waals surface area contributed by atoms with E-state index < -0.39 is 9.84 Å². The molecule has 0 spiro atoms. The molecule has 1 saturated heterocycles. The summed E-state index contributed by atoms with van der Waals surface area (Å²) in [7, 11) is -2.82. The van der Waals surface area contributed by atoms with Gasteiger partial charge in [0.05, 0.1) is 17.6 Å². The normalized spacial score (nSPS) is 17.9. The number of sulfone groups is 1. The van der Waals surface area contributed by atoms with E-state index >= 15 is 0 Å². The summed E-state index contributed by atoms with van der Waals surface area (Å²) in [6.07, 6.45) is 0.947. The van der Waals surface area contributed by atoms with Gasteiger partial charge in [-0.3, -0.25) is 9.89 Å². The van der Waals surface area contributed by atoms with Crippen LogP contribution in [0, 0.1) is 0 Å². The Morgan fingerprint density at radius 3 is 2.55 bits per heavy atom. The maximum atomic E-state index is 11.5. The van der Waals surface area contributed by atoms with Crippen LogP contribution in [-0.2, 0) is 14.6 Å². The fourth-order valence-corrected chi connectivity index (χ4v) is 4.26. The van der Waals surface area contributed by atoms with Crippen molar-refractivity contribution in [2.75, 3.05) is 57.4 Å². The van der Waals surface area contributed by atoms with Crippen molar-refractivity contribution in [1.29, 1.82) is 0 Å². The summed E-state index contributed by atoms with van der Waals surface area (Å²) in [5.41, 5.74) is 1.19. The molecule has 1 unspecified atom stereocenters. The van der Waals surface area contributed by atoms with E-state index in [9.17, 15) is 8.42 Å². The molecule has 166 valence electrons. The van der Waals surface area contributed by atoms with Gasteiger partial charge in [0.2, 0.25) is 0 Å². The number of hydrogen-bond acceptors (Lipinski definition) is 5. The predicted octanol–water partition coefficient (Wildman–Crippen LogP) is 2.06. The van der Waals surface area contributed by atoms with Gasteiger partial charge in [0.1, 0.15) is 0 Å². The Hall–Kier alpha value is -0.910. The number of benzene rings is 1. The third-order valence-corrected chi connectivity index (χ3v) is 6.32. The Bertz CT molecular complexity index is 687. The SMILES string of the molecule is CCNC(=NCCCOC(C)c1ccccc1)NCCN1CCS(=O)(=O)CC1.I. The summed E-state index contributed by atoms with van der Waals surface area (Å²) in [4.78, 5) is 6.77. The largest absolute Gasteiger partial charge is 0.374 e. The number of halogens is 1. The van der Waals surface area contributed by atoms with E-state index in [0.717, 1.165) is 32.0 Å². The van der Waals surface area contributed by atoms with E-state index in [1.807, 2.05) is 25.1 Å². The van der Waals surface area contributed by atoms with E-state index in [0.29, 0.717) is 26.2 Å². The second kappa shape index (κ2) is 14.2. The van der Waals surface area contributed by atoms with Crippen molar-refractivity contribution in [3.63, 3.8) is 0 Å². The first-order valence-electron chi connectivity index (χ1n) is 10.1. The number of rotatable bonds is 10. The molecule has 2 rings (SSSR count). The Morgan fingerprint density at radius 1 is 1.21 bits per heavy atom. The maximum absolute atomic E-state index is 11.5. The van der Waals surface area contributed by atoms with Crippen molar-refractivity contribution in [2.24, 2.45) is 4.99 Å². The van der Waals surface area contributed by atoms with Crippen molar-refractivity contribution in [2.45, 2.75) is 26.4 Å². The number of hydrogen-bond donors (Lipinski definition) is 2. The van der Waals surface area contributed by atoms with Gasteiger partial charge in [-0.15, -0.1) is 24.0 Å². The van der Waals surface area contributed by atoms with Gasteiger partial charge in [0.25, 0.3) is 0 Å². The van der Waals surface area contributed by atoms with Crippen LogP contribution in [0.3, 0.4) is 0 Å². The minimum atomic E-state index is -2.82. The average Bonchev–Trinajstić information content (AvgIpc) is 2.69. The molecular formula is C20H35IN4O3S. The standard InChI is InChI=1S/C20H34N4O3S.HI/c1-3-21-20(23-11-12-24-13-16-28(25,26)17-14-24)22-10-7-15-27-18(2)19-8-5-4-6-9-19;/h4-6,8-9,18H,3,7,10-17H2,1-2H3,(H2,21,22,23);1H. The maximum Gasteiger partial charge on any atom is 0.191 e. The van der Waals surface area contributed by atoms with Crippen LogP contribution < -0.4 is 10.6 Å². The molecule has 1 aliphatic heterocycles. The summed E-state index contributed by atoms with van der Waals surface area (Å²) < 4.78 is 28.8. The highest BCUT2D eigenvalue weighted by Gasteiger charge is 2.20. The summed E-state index contributed by atoms with van der Waals surface area (Å²) in [5, 5.41) is 6.56. The first-order valence-corrected chi connectivity index (χ1v) is 11.9. The van der Waals surface area contributed by atoms with Crippen LogP contribution in [0.2, 0.25) is 0 Å². The zero-order valence-corrected chi connectivity index (χ0v) is 20.6. The number of nitrogens with zero attached hydrogens (tertiary/aromatic N) is 2. The fourth-order valence-electron chi connectivity index (χ4n) is 2.98.